The van der Waals surface area contributed by atoms with Crippen LogP contribution in [0.2, 0.25) is 0 Å². The predicted octanol–water partition coefficient (Wildman–Crippen LogP) is 7.47. The number of sulfonamides is 1. The smallest absolute Gasteiger partial charge is 0.252 e. The third kappa shape index (κ3) is 7.73. The van der Waals surface area contributed by atoms with E-state index in [2.05, 4.69) is 6.58 Å². The van der Waals surface area contributed by atoms with Crippen LogP contribution < -0.4 is 14.8 Å². The molecule has 0 atom stereocenters. The Morgan fingerprint density at radius 1 is 0.979 bits per heavy atom. The Balaban J connectivity index is 1.27. The summed E-state index contributed by atoms with van der Waals surface area (Å²) >= 11 is 0. The zero-order valence-electron chi connectivity index (χ0n) is 25.9. The number of hydrogen-bond donors (Lipinski definition) is 1. The molecule has 47 heavy (non-hydrogen) atoms. The Bertz CT molecular complexity index is 2020. The second-order valence-electron chi connectivity index (χ2n) is 11.8. The summed E-state index contributed by atoms with van der Waals surface area (Å²) in [7, 11) is -3.73. The molecule has 4 aromatic carbocycles. The Morgan fingerprint density at radius 2 is 1.64 bits per heavy atom. The van der Waals surface area contributed by atoms with Crippen molar-refractivity contribution in [3.63, 3.8) is 0 Å². The number of rotatable bonds is 14. The topological polar surface area (TPSA) is 112 Å². The molecule has 0 bridgehead atoms. The van der Waals surface area contributed by atoms with E-state index in [0.717, 1.165) is 35.8 Å². The molecular formula is C37H35FN2O6S. The van der Waals surface area contributed by atoms with E-state index in [0.29, 0.717) is 46.1 Å². The number of anilines is 1. The summed E-state index contributed by atoms with van der Waals surface area (Å²) in [6, 6.07) is 26.2. The number of nitrogens with two attached hydrogens (primary N) is 1. The van der Waals surface area contributed by atoms with Gasteiger partial charge >= 0.3 is 0 Å². The first kappa shape index (κ1) is 32.0. The van der Waals surface area contributed by atoms with Gasteiger partial charge in [-0.1, -0.05) is 49.0 Å². The number of fused-ring (bicyclic) bond motifs is 1. The average Bonchev–Trinajstić information content (AvgIpc) is 3.82. The first-order chi connectivity index (χ1) is 22.5. The van der Waals surface area contributed by atoms with E-state index in [1.165, 1.54) is 16.4 Å². The number of carbonyl (C=O) groups excluding carboxylic acids is 1. The van der Waals surface area contributed by atoms with Crippen molar-refractivity contribution in [2.75, 3.05) is 23.7 Å². The first-order valence-electron chi connectivity index (χ1n) is 15.2. The standard InChI is InChI=1S/C37H35FN2O6S/c1-24(22-44-23-26-6-4-3-5-7-26)21-40(47(2,42)43)33-20-34-32(19-31(33)27-10-11-27)36(37(39)41)35(46-34)18-25-8-14-29(15-9-25)45-30-16-12-28(38)13-17-30/h3-9,12-17,19-20,27H,1,10-11,18,21-23H2,2H3,(H2,39,41). The molecule has 1 amide bonds. The summed E-state index contributed by atoms with van der Waals surface area (Å²) in [5.41, 5.74) is 10.3. The molecule has 242 valence electrons. The number of nitrogens with zero attached hydrogens (tertiary/aromatic N) is 1. The fourth-order valence-electron chi connectivity index (χ4n) is 5.55. The highest BCUT2D eigenvalue weighted by molar-refractivity contribution is 7.92. The molecule has 1 aliphatic rings. The summed E-state index contributed by atoms with van der Waals surface area (Å²) < 4.78 is 58.8. The number of furan rings is 1. The number of ether oxygens (including phenoxy) is 2. The van der Waals surface area contributed by atoms with Crippen molar-refractivity contribution in [2.45, 2.75) is 31.8 Å². The summed E-state index contributed by atoms with van der Waals surface area (Å²) in [6.07, 6.45) is 3.24. The summed E-state index contributed by atoms with van der Waals surface area (Å²) in [5.74, 6) is 0.609. The van der Waals surface area contributed by atoms with E-state index < -0.39 is 15.9 Å². The van der Waals surface area contributed by atoms with Crippen molar-refractivity contribution in [1.29, 1.82) is 0 Å². The molecule has 5 aromatic rings. The monoisotopic (exact) mass is 654 g/mol. The molecule has 0 radical (unpaired) electrons. The second-order valence-corrected chi connectivity index (χ2v) is 13.7. The highest BCUT2D eigenvalue weighted by Crippen LogP contribution is 2.47. The van der Waals surface area contributed by atoms with Gasteiger partial charge in [-0.3, -0.25) is 9.10 Å². The zero-order valence-corrected chi connectivity index (χ0v) is 26.8. The first-order valence-corrected chi connectivity index (χ1v) is 17.1. The molecule has 0 saturated heterocycles. The Labute approximate surface area is 273 Å². The molecule has 6 rings (SSSR count). The maximum Gasteiger partial charge on any atom is 0.252 e. The average molecular weight is 655 g/mol. The quantitative estimate of drug-likeness (QED) is 0.124. The van der Waals surface area contributed by atoms with Crippen LogP contribution in [0.3, 0.4) is 0 Å². The van der Waals surface area contributed by atoms with E-state index in [1.807, 2.05) is 48.5 Å². The van der Waals surface area contributed by atoms with Crippen LogP contribution >= 0.6 is 0 Å². The molecule has 1 heterocycles. The summed E-state index contributed by atoms with van der Waals surface area (Å²) in [6.45, 7) is 4.70. The molecule has 1 fully saturated rings. The van der Waals surface area contributed by atoms with Gasteiger partial charge in [0.05, 0.1) is 37.3 Å². The lowest BCUT2D eigenvalue weighted by atomic mass is 10.0. The van der Waals surface area contributed by atoms with E-state index >= 15 is 0 Å². The van der Waals surface area contributed by atoms with E-state index in [9.17, 15) is 17.6 Å². The lowest BCUT2D eigenvalue weighted by Gasteiger charge is -2.26. The Hall–Kier alpha value is -4.93. The molecule has 8 nitrogen and oxygen atoms in total. The largest absolute Gasteiger partial charge is 0.460 e. The number of primary amides is 1. The number of benzene rings is 4. The van der Waals surface area contributed by atoms with Gasteiger partial charge in [-0.15, -0.1) is 0 Å². The van der Waals surface area contributed by atoms with Crippen LogP contribution in [0.15, 0.2) is 108 Å². The minimum Gasteiger partial charge on any atom is -0.460 e. The van der Waals surface area contributed by atoms with Gasteiger partial charge in [0.1, 0.15) is 28.7 Å². The van der Waals surface area contributed by atoms with Gasteiger partial charge in [0.15, 0.2) is 0 Å². The molecule has 1 saturated carbocycles. The Morgan fingerprint density at radius 3 is 2.26 bits per heavy atom. The Kier molecular flexibility index (Phi) is 9.15. The highest BCUT2D eigenvalue weighted by Gasteiger charge is 2.33. The molecule has 0 spiro atoms. The molecule has 0 aliphatic heterocycles. The van der Waals surface area contributed by atoms with Crippen LogP contribution in [0.25, 0.3) is 11.0 Å². The lowest BCUT2D eigenvalue weighted by molar-refractivity contribution is 0.1000. The normalized spacial score (nSPS) is 13.1. The number of halogens is 1. The lowest BCUT2D eigenvalue weighted by Crippen LogP contribution is -2.33. The van der Waals surface area contributed by atoms with Crippen LogP contribution in [0.1, 0.15) is 51.6 Å². The fraction of sp³-hybridized carbons (Fsp3) is 0.216. The van der Waals surface area contributed by atoms with Crippen LogP contribution in [-0.4, -0.2) is 33.7 Å². The van der Waals surface area contributed by atoms with Gasteiger partial charge in [-0.2, -0.15) is 0 Å². The van der Waals surface area contributed by atoms with Crippen molar-refractivity contribution in [2.24, 2.45) is 5.73 Å². The van der Waals surface area contributed by atoms with Crippen LogP contribution in [0, 0.1) is 5.82 Å². The van der Waals surface area contributed by atoms with E-state index in [4.69, 9.17) is 19.6 Å². The van der Waals surface area contributed by atoms with Gasteiger partial charge in [-0.25, -0.2) is 12.8 Å². The number of amides is 1. The highest BCUT2D eigenvalue weighted by atomic mass is 32.2. The molecule has 2 N–H and O–H groups in total. The number of carbonyl (C=O) groups is 1. The third-order valence-electron chi connectivity index (χ3n) is 7.97. The predicted molar refractivity (Wildman–Crippen MR) is 180 cm³/mol. The molecule has 0 unspecified atom stereocenters. The SMILES string of the molecule is C=C(COCc1ccccc1)CN(c1cc2oc(Cc3ccc(Oc4ccc(F)cc4)cc3)c(C(N)=O)c2cc1C1CC1)S(C)(=O)=O. The van der Waals surface area contributed by atoms with Crippen molar-refractivity contribution >= 4 is 32.6 Å². The van der Waals surface area contributed by atoms with Crippen molar-refractivity contribution in [3.8, 4) is 11.5 Å². The van der Waals surface area contributed by atoms with Crippen LogP contribution in [0.5, 0.6) is 11.5 Å². The molecule has 10 heteroatoms. The van der Waals surface area contributed by atoms with Gasteiger partial charge in [0.25, 0.3) is 5.91 Å². The number of hydrogen-bond acceptors (Lipinski definition) is 6. The van der Waals surface area contributed by atoms with Crippen LogP contribution in [-0.2, 0) is 27.8 Å². The maximum atomic E-state index is 13.2. The van der Waals surface area contributed by atoms with E-state index in [1.54, 1.807) is 30.3 Å². The summed E-state index contributed by atoms with van der Waals surface area (Å²) in [5, 5.41) is 0.549. The van der Waals surface area contributed by atoms with E-state index in [-0.39, 0.29) is 36.9 Å². The zero-order chi connectivity index (χ0) is 33.1. The van der Waals surface area contributed by atoms with Crippen molar-refractivity contribution < 1.29 is 31.5 Å². The summed E-state index contributed by atoms with van der Waals surface area (Å²) in [4.78, 5) is 12.8. The minimum atomic E-state index is -3.73. The van der Waals surface area contributed by atoms with Gasteiger partial charge in [0, 0.05) is 17.9 Å². The van der Waals surface area contributed by atoms with Gasteiger partial charge in [0.2, 0.25) is 10.0 Å². The molecular weight excluding hydrogens is 619 g/mol. The van der Waals surface area contributed by atoms with Gasteiger partial charge in [-0.05, 0) is 83.5 Å². The van der Waals surface area contributed by atoms with Gasteiger partial charge < -0.3 is 19.6 Å². The maximum absolute atomic E-state index is 13.2. The fourth-order valence-corrected chi connectivity index (χ4v) is 6.48. The minimum absolute atomic E-state index is 0.0292. The third-order valence-corrected chi connectivity index (χ3v) is 9.09. The molecule has 1 aliphatic carbocycles. The second kappa shape index (κ2) is 13.4. The van der Waals surface area contributed by atoms with Crippen molar-refractivity contribution in [1.82, 2.24) is 0 Å². The van der Waals surface area contributed by atoms with Crippen molar-refractivity contribution in [3.05, 3.63) is 137 Å². The van der Waals surface area contributed by atoms with Crippen LogP contribution in [0.4, 0.5) is 10.1 Å². The molecule has 1 aromatic heterocycles.